The summed E-state index contributed by atoms with van der Waals surface area (Å²) in [7, 11) is 3.42. The van der Waals surface area contributed by atoms with Crippen molar-refractivity contribution in [3.63, 3.8) is 0 Å². The molecule has 98 valence electrons. The van der Waals surface area contributed by atoms with Gasteiger partial charge in [-0.15, -0.1) is 0 Å². The highest BCUT2D eigenvalue weighted by molar-refractivity contribution is 7.80. The summed E-state index contributed by atoms with van der Waals surface area (Å²) in [6.45, 7) is 0. The Bertz CT molecular complexity index is 469. The van der Waals surface area contributed by atoms with E-state index in [1.165, 1.54) is 23.2 Å². The quantitative estimate of drug-likeness (QED) is 0.545. The van der Waals surface area contributed by atoms with Gasteiger partial charge in [-0.05, 0) is 42.6 Å². The van der Waals surface area contributed by atoms with Crippen LogP contribution in [0, 0.1) is 5.82 Å². The van der Waals surface area contributed by atoms with Crippen LogP contribution in [-0.4, -0.2) is 29.3 Å². The van der Waals surface area contributed by atoms with Gasteiger partial charge in [-0.1, -0.05) is 11.6 Å². The van der Waals surface area contributed by atoms with E-state index in [0.29, 0.717) is 15.9 Å². The lowest BCUT2D eigenvalue weighted by atomic mass is 10.3. The van der Waals surface area contributed by atoms with Gasteiger partial charge in [0.05, 0.1) is 5.02 Å². The third kappa shape index (κ3) is 4.25. The molecular weight excluding hydrogens is 295 g/mol. The van der Waals surface area contributed by atoms with Crippen LogP contribution >= 0.6 is 36.0 Å². The topological polar surface area (TPSA) is 39.3 Å². The van der Waals surface area contributed by atoms with Gasteiger partial charge >= 0.3 is 0 Å². The Hall–Kier alpha value is -1.18. The summed E-state index contributed by atoms with van der Waals surface area (Å²) in [5.74, 6) is -0.477. The lowest BCUT2D eigenvalue weighted by molar-refractivity contribution is 0.455. The first-order chi connectivity index (χ1) is 8.43. The van der Waals surface area contributed by atoms with Crippen LogP contribution in [0.1, 0.15) is 0 Å². The second kappa shape index (κ2) is 6.67. The van der Waals surface area contributed by atoms with Crippen molar-refractivity contribution in [2.75, 3.05) is 19.4 Å². The second-order valence-electron chi connectivity index (χ2n) is 3.31. The van der Waals surface area contributed by atoms with E-state index in [0.717, 1.165) is 0 Å². The van der Waals surface area contributed by atoms with Crippen molar-refractivity contribution in [3.05, 3.63) is 29.0 Å². The van der Waals surface area contributed by atoms with Crippen molar-refractivity contribution < 1.29 is 4.39 Å². The first-order valence-electron chi connectivity index (χ1n) is 4.92. The lowest BCUT2D eigenvalue weighted by Crippen LogP contribution is -2.48. The summed E-state index contributed by atoms with van der Waals surface area (Å²) < 4.78 is 13.0. The molecule has 4 nitrogen and oxygen atoms in total. The van der Waals surface area contributed by atoms with Crippen LogP contribution in [0.15, 0.2) is 18.2 Å². The number of halogens is 2. The van der Waals surface area contributed by atoms with E-state index >= 15 is 0 Å². The Labute approximate surface area is 120 Å². The first kappa shape index (κ1) is 14.9. The number of hydrogen-bond donors (Lipinski definition) is 3. The molecule has 0 spiro atoms. The van der Waals surface area contributed by atoms with Gasteiger partial charge in [0, 0.05) is 19.8 Å². The van der Waals surface area contributed by atoms with Crippen LogP contribution in [0.5, 0.6) is 0 Å². The second-order valence-corrected chi connectivity index (χ2v) is 4.51. The standard InChI is InChI=1S/C10H12ClFN4S2/c1-13-10(18)16(2)15-9(17)14-6-3-4-8(12)7(11)5-6/h3-5H,1-2H3,(H,13,18)(H2,14,15,17). The molecule has 1 aromatic carbocycles. The van der Waals surface area contributed by atoms with Crippen molar-refractivity contribution in [3.8, 4) is 0 Å². The number of thiocarbonyl (C=S) groups is 2. The first-order valence-corrected chi connectivity index (χ1v) is 6.11. The zero-order chi connectivity index (χ0) is 13.7. The molecule has 1 aromatic rings. The highest BCUT2D eigenvalue weighted by atomic mass is 35.5. The van der Waals surface area contributed by atoms with Crippen LogP contribution in [0.3, 0.4) is 0 Å². The maximum Gasteiger partial charge on any atom is 0.189 e. The Morgan fingerprint density at radius 1 is 1.39 bits per heavy atom. The van der Waals surface area contributed by atoms with E-state index in [1.54, 1.807) is 14.1 Å². The summed E-state index contributed by atoms with van der Waals surface area (Å²) in [5.41, 5.74) is 3.41. The summed E-state index contributed by atoms with van der Waals surface area (Å²) >= 11 is 15.7. The molecule has 8 heteroatoms. The fourth-order valence-corrected chi connectivity index (χ4v) is 1.58. The van der Waals surface area contributed by atoms with Gasteiger partial charge in [-0.3, -0.25) is 10.4 Å². The lowest BCUT2D eigenvalue weighted by Gasteiger charge is -2.22. The molecule has 0 aromatic heterocycles. The minimum atomic E-state index is -0.477. The van der Waals surface area contributed by atoms with Crippen LogP contribution < -0.4 is 16.1 Å². The van der Waals surface area contributed by atoms with Gasteiger partial charge in [0.2, 0.25) is 0 Å². The fourth-order valence-electron chi connectivity index (χ4n) is 1.10. The average Bonchev–Trinajstić information content (AvgIpc) is 2.32. The molecule has 1 rings (SSSR count). The monoisotopic (exact) mass is 306 g/mol. The van der Waals surface area contributed by atoms with Gasteiger partial charge in [0.25, 0.3) is 0 Å². The summed E-state index contributed by atoms with van der Waals surface area (Å²) in [6, 6.07) is 4.24. The van der Waals surface area contributed by atoms with E-state index in [2.05, 4.69) is 16.1 Å². The molecule has 0 bridgehead atoms. The number of rotatable bonds is 1. The molecule has 0 aliphatic rings. The van der Waals surface area contributed by atoms with Crippen LogP contribution in [0.25, 0.3) is 0 Å². The third-order valence-electron chi connectivity index (χ3n) is 1.97. The normalized spacial score (nSPS) is 9.56. The molecule has 0 aliphatic heterocycles. The van der Waals surface area contributed by atoms with E-state index in [-0.39, 0.29) is 5.02 Å². The average molecular weight is 307 g/mol. The van der Waals surface area contributed by atoms with Crippen molar-refractivity contribution >= 4 is 51.9 Å². The summed E-state index contributed by atoms with van der Waals surface area (Å²) in [4.78, 5) is 0. The summed E-state index contributed by atoms with van der Waals surface area (Å²) in [5, 5.41) is 8.01. The number of anilines is 1. The van der Waals surface area contributed by atoms with Gasteiger partial charge < -0.3 is 10.6 Å². The smallest absolute Gasteiger partial charge is 0.189 e. The van der Waals surface area contributed by atoms with Crippen LogP contribution in [0.2, 0.25) is 5.02 Å². The van der Waals surface area contributed by atoms with E-state index in [9.17, 15) is 4.39 Å². The number of benzene rings is 1. The fraction of sp³-hybridized carbons (Fsp3) is 0.200. The molecule has 0 fully saturated rings. The van der Waals surface area contributed by atoms with Crippen LogP contribution in [0.4, 0.5) is 10.1 Å². The van der Waals surface area contributed by atoms with Crippen LogP contribution in [-0.2, 0) is 0 Å². The predicted octanol–water partition coefficient (Wildman–Crippen LogP) is 2.12. The third-order valence-corrected chi connectivity index (χ3v) is 2.93. The Morgan fingerprint density at radius 3 is 2.61 bits per heavy atom. The molecule has 0 atom stereocenters. The van der Waals surface area contributed by atoms with E-state index in [1.807, 2.05) is 0 Å². The minimum absolute atomic E-state index is 0.0295. The largest absolute Gasteiger partial charge is 0.364 e. The molecule has 0 heterocycles. The van der Waals surface area contributed by atoms with Gasteiger partial charge in [-0.25, -0.2) is 4.39 Å². The molecular formula is C10H12ClFN4S2. The molecule has 0 unspecified atom stereocenters. The van der Waals surface area contributed by atoms with Crippen molar-refractivity contribution in [1.29, 1.82) is 0 Å². The number of nitrogens with one attached hydrogen (secondary N) is 3. The highest BCUT2D eigenvalue weighted by Crippen LogP contribution is 2.19. The molecule has 0 saturated heterocycles. The SMILES string of the molecule is CNC(=S)N(C)NC(=S)Nc1ccc(F)c(Cl)c1. The Morgan fingerprint density at radius 2 is 2.06 bits per heavy atom. The maximum atomic E-state index is 13.0. The zero-order valence-corrected chi connectivity index (χ0v) is 12.1. The highest BCUT2D eigenvalue weighted by Gasteiger charge is 2.05. The van der Waals surface area contributed by atoms with Crippen molar-refractivity contribution in [2.45, 2.75) is 0 Å². The van der Waals surface area contributed by atoms with Crippen molar-refractivity contribution in [1.82, 2.24) is 15.8 Å². The van der Waals surface area contributed by atoms with Crippen molar-refractivity contribution in [2.24, 2.45) is 0 Å². The molecule has 3 N–H and O–H groups in total. The molecule has 0 radical (unpaired) electrons. The van der Waals surface area contributed by atoms with E-state index in [4.69, 9.17) is 36.0 Å². The number of hydrogen-bond acceptors (Lipinski definition) is 2. The minimum Gasteiger partial charge on any atom is -0.364 e. The van der Waals surface area contributed by atoms with E-state index < -0.39 is 5.82 Å². The number of hydrazine groups is 1. The predicted molar refractivity (Wildman–Crippen MR) is 80.2 cm³/mol. The Kier molecular flexibility index (Phi) is 5.52. The maximum absolute atomic E-state index is 13.0. The molecule has 18 heavy (non-hydrogen) atoms. The van der Waals surface area contributed by atoms with Gasteiger partial charge in [0.15, 0.2) is 10.2 Å². The molecule has 0 aliphatic carbocycles. The molecule has 0 amide bonds. The summed E-state index contributed by atoms with van der Waals surface area (Å²) in [6.07, 6.45) is 0. The zero-order valence-electron chi connectivity index (χ0n) is 9.75. The molecule has 0 saturated carbocycles. The number of nitrogens with zero attached hydrogens (tertiary/aromatic N) is 1. The Balaban J connectivity index is 2.59. The van der Waals surface area contributed by atoms with Gasteiger partial charge in [0.1, 0.15) is 5.82 Å². The van der Waals surface area contributed by atoms with Gasteiger partial charge in [-0.2, -0.15) is 0 Å².